The Labute approximate surface area is 195 Å². The molecule has 1 atom stereocenters. The Morgan fingerprint density at radius 1 is 1.21 bits per heavy atom. The fraction of sp³-hybridized carbons (Fsp3) is 0.522. The van der Waals surface area contributed by atoms with E-state index in [4.69, 9.17) is 15.7 Å². The number of aliphatic hydroxyl groups excluding tert-OH is 1. The third-order valence-electron chi connectivity index (χ3n) is 6.08. The zero-order chi connectivity index (χ0) is 24.9. The first-order valence-corrected chi connectivity index (χ1v) is 11.1. The van der Waals surface area contributed by atoms with Gasteiger partial charge in [-0.25, -0.2) is 5.26 Å². The summed E-state index contributed by atoms with van der Waals surface area (Å²) in [7, 11) is 0. The minimum absolute atomic E-state index is 0.119. The van der Waals surface area contributed by atoms with Crippen LogP contribution in [0.25, 0.3) is 0 Å². The molecule has 2 saturated carbocycles. The summed E-state index contributed by atoms with van der Waals surface area (Å²) in [6, 6.07) is 5.23. The largest absolute Gasteiger partial charge is 0.418 e. The molecular formula is C23H28F3N5O3. The van der Waals surface area contributed by atoms with Crippen molar-refractivity contribution in [2.75, 3.05) is 11.9 Å². The van der Waals surface area contributed by atoms with E-state index in [0.29, 0.717) is 5.69 Å². The Balaban J connectivity index is 0.00000158. The molecule has 1 amide bonds. The fourth-order valence-electron chi connectivity index (χ4n) is 3.96. The van der Waals surface area contributed by atoms with Crippen molar-refractivity contribution < 1.29 is 27.8 Å². The van der Waals surface area contributed by atoms with Gasteiger partial charge in [-0.2, -0.15) is 18.3 Å². The average molecular weight is 480 g/mol. The van der Waals surface area contributed by atoms with Gasteiger partial charge in [-0.15, -0.1) is 0 Å². The number of nitrogens with one attached hydrogen (secondary N) is 1. The lowest BCUT2D eigenvalue weighted by molar-refractivity contribution is -0.206. The van der Waals surface area contributed by atoms with Crippen molar-refractivity contribution in [2.45, 2.75) is 63.0 Å². The summed E-state index contributed by atoms with van der Waals surface area (Å²) in [5, 5.41) is 23.3. The Hall–Kier alpha value is -3.10. The lowest BCUT2D eigenvalue weighted by Gasteiger charge is -2.28. The van der Waals surface area contributed by atoms with Crippen LogP contribution in [0.3, 0.4) is 0 Å². The molecule has 2 aliphatic rings. The highest BCUT2D eigenvalue weighted by atomic mass is 19.4. The predicted molar refractivity (Wildman–Crippen MR) is 118 cm³/mol. The molecule has 0 radical (unpaired) electrons. The first kappa shape index (κ1) is 25.5. The number of benzene rings is 1. The molecule has 0 bridgehead atoms. The highest BCUT2D eigenvalue weighted by Crippen LogP contribution is 2.35. The first-order valence-electron chi connectivity index (χ1n) is 11.1. The molecule has 184 valence electrons. The highest BCUT2D eigenvalue weighted by molar-refractivity contribution is 5.98. The van der Waals surface area contributed by atoms with E-state index in [2.05, 4.69) is 17.0 Å². The lowest BCUT2D eigenvalue weighted by atomic mass is 9.93. The van der Waals surface area contributed by atoms with Crippen LogP contribution in [0, 0.1) is 17.8 Å². The third kappa shape index (κ3) is 6.48. The molecule has 34 heavy (non-hydrogen) atoms. The number of nitrogens with two attached hydrogens (primary N) is 1. The molecule has 2 aromatic rings. The van der Waals surface area contributed by atoms with Gasteiger partial charge in [0.05, 0.1) is 12.1 Å². The van der Waals surface area contributed by atoms with E-state index in [-0.39, 0.29) is 29.1 Å². The second-order valence-electron chi connectivity index (χ2n) is 8.63. The molecule has 2 aliphatic carbocycles. The summed E-state index contributed by atoms with van der Waals surface area (Å²) >= 11 is 0. The van der Waals surface area contributed by atoms with Gasteiger partial charge in [0.15, 0.2) is 11.9 Å². The van der Waals surface area contributed by atoms with Crippen molar-refractivity contribution in [1.29, 1.82) is 5.26 Å². The van der Waals surface area contributed by atoms with Crippen molar-refractivity contribution in [3.63, 3.8) is 0 Å². The molecule has 0 aliphatic heterocycles. The topological polar surface area (TPSA) is 126 Å². The van der Waals surface area contributed by atoms with Crippen LogP contribution in [-0.4, -0.2) is 39.7 Å². The second kappa shape index (κ2) is 10.9. The number of primary amides is 1. The molecule has 11 heteroatoms. The number of amides is 1. The normalized spacial score (nSPS) is 21.2. The summed E-state index contributed by atoms with van der Waals surface area (Å²) in [5.41, 5.74) is 5.86. The number of hydrogen-bond donors (Lipinski definition) is 3. The maximum atomic E-state index is 12.7. The molecule has 2 fully saturated rings. The molecule has 8 nitrogen and oxygen atoms in total. The van der Waals surface area contributed by atoms with Gasteiger partial charge < -0.3 is 20.9 Å². The Morgan fingerprint density at radius 3 is 2.35 bits per heavy atom. The number of hydrogen-bond acceptors (Lipinski definition) is 6. The van der Waals surface area contributed by atoms with Crippen molar-refractivity contribution in [2.24, 2.45) is 11.7 Å². The van der Waals surface area contributed by atoms with Gasteiger partial charge in [0, 0.05) is 25.1 Å². The van der Waals surface area contributed by atoms with Crippen LogP contribution in [0.2, 0.25) is 0 Å². The van der Waals surface area contributed by atoms with E-state index < -0.39 is 18.2 Å². The highest BCUT2D eigenvalue weighted by Gasteiger charge is 2.39. The SMILES string of the molecule is C#N.NC(=O)c1cn(C2CCC(OCC3CC3)CC2)nc1Nc1ccc(C(O)C(F)(F)F)cc1. The van der Waals surface area contributed by atoms with E-state index >= 15 is 0 Å². The number of carbonyl (C=O) groups excluding carboxylic acids is 1. The summed E-state index contributed by atoms with van der Waals surface area (Å²) in [6.07, 6.45) is 0.708. The van der Waals surface area contributed by atoms with E-state index in [1.165, 1.54) is 37.1 Å². The molecule has 0 saturated heterocycles. The summed E-state index contributed by atoms with van der Waals surface area (Å²) in [6.45, 7) is 4.34. The molecule has 1 aromatic heterocycles. The standard InChI is InChI=1S/C22H27F3N4O3.CHN/c23-22(24,25)19(30)14-3-5-15(6-4-14)27-21-18(20(26)31)11-29(28-21)16-7-9-17(10-8-16)32-12-13-1-2-13;1-2/h3-6,11,13,16-17,19,30H,1-2,7-10,12H2,(H2,26,31)(H,27,28);1H. The first-order chi connectivity index (χ1) is 16.2. The number of nitriles is 1. The Bertz CT molecular complexity index is 978. The van der Waals surface area contributed by atoms with E-state index in [1.807, 2.05) is 0 Å². The zero-order valence-corrected chi connectivity index (χ0v) is 18.5. The van der Waals surface area contributed by atoms with Crippen LogP contribution in [0.5, 0.6) is 0 Å². The van der Waals surface area contributed by atoms with E-state index in [9.17, 15) is 23.1 Å². The van der Waals surface area contributed by atoms with Gasteiger partial charge in [-0.1, -0.05) is 12.1 Å². The quantitative estimate of drug-likeness (QED) is 0.516. The molecule has 0 spiro atoms. The van der Waals surface area contributed by atoms with Gasteiger partial charge in [-0.3, -0.25) is 9.48 Å². The van der Waals surface area contributed by atoms with Gasteiger partial charge in [-0.05, 0) is 62.1 Å². The zero-order valence-electron chi connectivity index (χ0n) is 18.5. The Kier molecular flexibility index (Phi) is 8.17. The van der Waals surface area contributed by atoms with Crippen LogP contribution in [0.1, 0.15) is 66.6 Å². The summed E-state index contributed by atoms with van der Waals surface area (Å²) in [5.74, 6) is 0.328. The molecule has 1 aromatic carbocycles. The van der Waals surface area contributed by atoms with Crippen molar-refractivity contribution in [3.05, 3.63) is 41.6 Å². The van der Waals surface area contributed by atoms with Gasteiger partial charge >= 0.3 is 6.18 Å². The van der Waals surface area contributed by atoms with Gasteiger partial charge in [0.1, 0.15) is 5.56 Å². The second-order valence-corrected chi connectivity index (χ2v) is 8.63. The van der Waals surface area contributed by atoms with Gasteiger partial charge in [0.2, 0.25) is 0 Å². The van der Waals surface area contributed by atoms with Crippen LogP contribution in [0.15, 0.2) is 30.5 Å². The average Bonchev–Trinajstić information content (AvgIpc) is 3.56. The number of carbonyl (C=O) groups is 1. The molecule has 4 rings (SSSR count). The number of aliphatic hydroxyl groups is 1. The lowest BCUT2D eigenvalue weighted by Crippen LogP contribution is -2.24. The van der Waals surface area contributed by atoms with Crippen LogP contribution in [0.4, 0.5) is 24.7 Å². The van der Waals surface area contributed by atoms with Crippen LogP contribution >= 0.6 is 0 Å². The third-order valence-corrected chi connectivity index (χ3v) is 6.08. The fourth-order valence-corrected chi connectivity index (χ4v) is 3.96. The maximum Gasteiger partial charge on any atom is 0.418 e. The van der Waals surface area contributed by atoms with E-state index in [0.717, 1.165) is 38.2 Å². The number of halogens is 3. The predicted octanol–water partition coefficient (Wildman–Crippen LogP) is 4.37. The monoisotopic (exact) mass is 479 g/mol. The molecule has 1 heterocycles. The summed E-state index contributed by atoms with van der Waals surface area (Å²) < 4.78 is 45.7. The molecular weight excluding hydrogens is 451 g/mol. The van der Waals surface area contributed by atoms with E-state index in [1.54, 1.807) is 10.9 Å². The number of rotatable bonds is 8. The minimum atomic E-state index is -4.74. The van der Waals surface area contributed by atoms with Crippen LogP contribution < -0.4 is 11.1 Å². The van der Waals surface area contributed by atoms with Crippen molar-refractivity contribution >= 4 is 17.4 Å². The minimum Gasteiger partial charge on any atom is -0.379 e. The number of ether oxygens (including phenoxy) is 1. The van der Waals surface area contributed by atoms with Crippen LogP contribution in [-0.2, 0) is 4.74 Å². The van der Waals surface area contributed by atoms with Crippen molar-refractivity contribution in [1.82, 2.24) is 9.78 Å². The number of alkyl halides is 3. The van der Waals surface area contributed by atoms with Gasteiger partial charge in [0.25, 0.3) is 5.91 Å². The Morgan fingerprint density at radius 2 is 1.82 bits per heavy atom. The number of anilines is 2. The smallest absolute Gasteiger partial charge is 0.379 e. The maximum absolute atomic E-state index is 12.7. The molecule has 1 unspecified atom stereocenters. The molecule has 4 N–H and O–H groups in total. The van der Waals surface area contributed by atoms with Crippen molar-refractivity contribution in [3.8, 4) is 6.57 Å². The summed E-state index contributed by atoms with van der Waals surface area (Å²) in [4.78, 5) is 11.9. The number of aromatic nitrogens is 2. The number of nitrogens with zero attached hydrogens (tertiary/aromatic N) is 3.